The topological polar surface area (TPSA) is 28.2 Å². The molecule has 0 amide bonds. The Hall–Kier alpha value is -1.37. The summed E-state index contributed by atoms with van der Waals surface area (Å²) in [7, 11) is 1.63. The van der Waals surface area contributed by atoms with Crippen LogP contribution in [0.15, 0.2) is 12.3 Å². The van der Waals surface area contributed by atoms with Crippen LogP contribution in [-0.2, 0) is 6.54 Å². The van der Waals surface area contributed by atoms with E-state index in [0.717, 1.165) is 11.1 Å². The zero-order valence-electron chi connectivity index (χ0n) is 10.2. The molecule has 0 unspecified atom stereocenters. The van der Waals surface area contributed by atoms with Gasteiger partial charge in [0.15, 0.2) is 0 Å². The molecule has 102 valence electrons. The molecule has 18 heavy (non-hydrogen) atoms. The van der Waals surface area contributed by atoms with E-state index in [0.29, 0.717) is 5.56 Å². The van der Waals surface area contributed by atoms with Crippen molar-refractivity contribution in [2.24, 2.45) is 0 Å². The van der Waals surface area contributed by atoms with E-state index >= 15 is 0 Å². The Labute approximate surface area is 103 Å². The number of halogens is 4. The molecule has 0 aliphatic heterocycles. The van der Waals surface area contributed by atoms with E-state index in [-0.39, 0.29) is 18.9 Å². The maximum Gasteiger partial charge on any atom is 0.405 e. The van der Waals surface area contributed by atoms with Gasteiger partial charge < -0.3 is 10.2 Å². The molecule has 0 atom stereocenters. The van der Waals surface area contributed by atoms with Crippen LogP contribution in [-0.4, -0.2) is 31.3 Å². The number of anilines is 1. The summed E-state index contributed by atoms with van der Waals surface area (Å²) in [6.07, 6.45) is -3.39. The smallest absolute Gasteiger partial charge is 0.348 e. The van der Waals surface area contributed by atoms with Crippen LogP contribution in [0.3, 0.4) is 0 Å². The monoisotopic (exact) mass is 265 g/mol. The molecule has 0 spiro atoms. The highest BCUT2D eigenvalue weighted by Crippen LogP contribution is 2.23. The van der Waals surface area contributed by atoms with E-state index in [4.69, 9.17) is 0 Å². The van der Waals surface area contributed by atoms with Crippen molar-refractivity contribution in [2.75, 3.05) is 25.0 Å². The third-order valence-electron chi connectivity index (χ3n) is 2.33. The fourth-order valence-corrected chi connectivity index (χ4v) is 1.63. The first-order valence-electron chi connectivity index (χ1n) is 5.48. The number of hydrogen-bond donors (Lipinski definition) is 1. The van der Waals surface area contributed by atoms with Crippen LogP contribution in [0.5, 0.6) is 0 Å². The van der Waals surface area contributed by atoms with Crippen molar-refractivity contribution in [3.05, 3.63) is 23.6 Å². The first-order chi connectivity index (χ1) is 8.37. The van der Waals surface area contributed by atoms with Gasteiger partial charge in [-0.05, 0) is 20.0 Å². The number of nitrogens with zero attached hydrogens (tertiary/aromatic N) is 2. The molecule has 0 bridgehead atoms. The Balaban J connectivity index is 3.04. The summed E-state index contributed by atoms with van der Waals surface area (Å²) in [5.41, 5.74) is 0.406. The van der Waals surface area contributed by atoms with E-state index in [1.165, 1.54) is 6.07 Å². The number of aromatic nitrogens is 1. The van der Waals surface area contributed by atoms with Gasteiger partial charge in [-0.1, -0.05) is 0 Å². The number of nitrogens with one attached hydrogen (secondary N) is 1. The summed E-state index contributed by atoms with van der Waals surface area (Å²) in [6, 6.07) is 1.19. The van der Waals surface area contributed by atoms with Gasteiger partial charge in [-0.2, -0.15) is 13.2 Å². The molecule has 1 N–H and O–H groups in total. The molecule has 7 heteroatoms. The molecule has 0 aromatic carbocycles. The lowest BCUT2D eigenvalue weighted by molar-refractivity contribution is -0.119. The first kappa shape index (κ1) is 14.7. The van der Waals surface area contributed by atoms with Crippen LogP contribution in [0.2, 0.25) is 0 Å². The van der Waals surface area contributed by atoms with Crippen molar-refractivity contribution in [3.63, 3.8) is 0 Å². The summed E-state index contributed by atoms with van der Waals surface area (Å²) in [4.78, 5) is 4.84. The highest BCUT2D eigenvalue weighted by Gasteiger charge is 2.31. The molecule has 0 fully saturated rings. The molecule has 0 radical (unpaired) electrons. The molecule has 0 saturated carbocycles. The highest BCUT2D eigenvalue weighted by molar-refractivity contribution is 5.47. The SMILES string of the molecule is CCN(CC(F)(F)F)c1ncc(F)cc1CNC. The molecule has 0 aliphatic rings. The van der Waals surface area contributed by atoms with Gasteiger partial charge in [0, 0.05) is 18.7 Å². The molecular weight excluding hydrogens is 250 g/mol. The minimum atomic E-state index is -4.32. The second kappa shape index (κ2) is 5.99. The van der Waals surface area contributed by atoms with Gasteiger partial charge in [0.25, 0.3) is 0 Å². The molecule has 1 rings (SSSR count). The Bertz CT molecular complexity index is 392. The van der Waals surface area contributed by atoms with Crippen molar-refractivity contribution in [3.8, 4) is 0 Å². The minimum absolute atomic E-state index is 0.148. The number of pyridine rings is 1. The van der Waals surface area contributed by atoms with Crippen LogP contribution < -0.4 is 10.2 Å². The molecule has 3 nitrogen and oxygen atoms in total. The van der Waals surface area contributed by atoms with E-state index in [2.05, 4.69) is 10.3 Å². The van der Waals surface area contributed by atoms with Crippen LogP contribution in [0.1, 0.15) is 12.5 Å². The zero-order chi connectivity index (χ0) is 13.8. The third-order valence-corrected chi connectivity index (χ3v) is 2.33. The van der Waals surface area contributed by atoms with Gasteiger partial charge in [-0.25, -0.2) is 9.37 Å². The average molecular weight is 265 g/mol. The van der Waals surface area contributed by atoms with E-state index in [1.54, 1.807) is 14.0 Å². The minimum Gasteiger partial charge on any atom is -0.348 e. The van der Waals surface area contributed by atoms with Crippen molar-refractivity contribution in [1.29, 1.82) is 0 Å². The van der Waals surface area contributed by atoms with Crippen molar-refractivity contribution < 1.29 is 17.6 Å². The average Bonchev–Trinajstić information content (AvgIpc) is 2.26. The van der Waals surface area contributed by atoms with Crippen LogP contribution in [0.25, 0.3) is 0 Å². The molecule has 1 aromatic rings. The first-order valence-corrected chi connectivity index (χ1v) is 5.48. The zero-order valence-corrected chi connectivity index (χ0v) is 10.2. The van der Waals surface area contributed by atoms with E-state index in [1.807, 2.05) is 0 Å². The number of rotatable bonds is 5. The number of alkyl halides is 3. The second-order valence-electron chi connectivity index (χ2n) is 3.80. The molecule has 0 aliphatic carbocycles. The fourth-order valence-electron chi connectivity index (χ4n) is 1.63. The maximum atomic E-state index is 13.0. The van der Waals surface area contributed by atoms with E-state index in [9.17, 15) is 17.6 Å². The summed E-state index contributed by atoms with van der Waals surface area (Å²) in [5, 5.41) is 2.78. The predicted molar refractivity (Wildman–Crippen MR) is 60.9 cm³/mol. The normalized spacial score (nSPS) is 11.7. The van der Waals surface area contributed by atoms with Crippen molar-refractivity contribution in [2.45, 2.75) is 19.6 Å². The van der Waals surface area contributed by atoms with Gasteiger partial charge in [0.1, 0.15) is 18.2 Å². The van der Waals surface area contributed by atoms with Gasteiger partial charge in [-0.15, -0.1) is 0 Å². The third kappa shape index (κ3) is 4.14. The number of hydrogen-bond acceptors (Lipinski definition) is 3. The Kier molecular flexibility index (Phi) is 4.89. The molecule has 1 heterocycles. The summed E-state index contributed by atoms with van der Waals surface area (Å²) in [5.74, 6) is -0.405. The van der Waals surface area contributed by atoms with Gasteiger partial charge >= 0.3 is 6.18 Å². The van der Waals surface area contributed by atoms with Crippen LogP contribution in [0.4, 0.5) is 23.4 Å². The van der Waals surface area contributed by atoms with Crippen molar-refractivity contribution in [1.82, 2.24) is 10.3 Å². The van der Waals surface area contributed by atoms with Crippen LogP contribution >= 0.6 is 0 Å². The standard InChI is InChI=1S/C11H15F4N3/c1-3-18(7-11(13,14)15)10-8(5-16-2)4-9(12)6-17-10/h4,6,16H,3,5,7H2,1-2H3. The van der Waals surface area contributed by atoms with Crippen LogP contribution in [0, 0.1) is 5.82 Å². The Morgan fingerprint density at radius 3 is 2.56 bits per heavy atom. The van der Waals surface area contributed by atoms with Crippen molar-refractivity contribution >= 4 is 5.82 Å². The summed E-state index contributed by atoms with van der Waals surface area (Å²) < 4.78 is 50.3. The van der Waals surface area contributed by atoms with Gasteiger partial charge in [-0.3, -0.25) is 0 Å². The lowest BCUT2D eigenvalue weighted by Gasteiger charge is -2.25. The van der Waals surface area contributed by atoms with E-state index < -0.39 is 18.5 Å². The molecule has 0 saturated heterocycles. The largest absolute Gasteiger partial charge is 0.405 e. The second-order valence-corrected chi connectivity index (χ2v) is 3.80. The highest BCUT2D eigenvalue weighted by atomic mass is 19.4. The van der Waals surface area contributed by atoms with Gasteiger partial charge in [0.05, 0.1) is 6.20 Å². The lowest BCUT2D eigenvalue weighted by atomic mass is 10.2. The van der Waals surface area contributed by atoms with Gasteiger partial charge in [0.2, 0.25) is 0 Å². The molecular formula is C11H15F4N3. The summed E-state index contributed by atoms with van der Waals surface area (Å²) in [6.45, 7) is 0.905. The molecule has 1 aromatic heterocycles. The Morgan fingerprint density at radius 1 is 1.39 bits per heavy atom. The fraction of sp³-hybridized carbons (Fsp3) is 0.545. The Morgan fingerprint density at radius 2 is 2.06 bits per heavy atom. The maximum absolute atomic E-state index is 13.0. The summed E-state index contributed by atoms with van der Waals surface area (Å²) >= 11 is 0. The predicted octanol–water partition coefficient (Wildman–Crippen LogP) is 2.33. The lowest BCUT2D eigenvalue weighted by Crippen LogP contribution is -2.35. The quantitative estimate of drug-likeness (QED) is 0.828.